The largest absolute Gasteiger partial charge is 0.391 e. The van der Waals surface area contributed by atoms with E-state index >= 15 is 0 Å². The van der Waals surface area contributed by atoms with E-state index in [1.165, 1.54) is 17.2 Å². The second kappa shape index (κ2) is 7.16. The van der Waals surface area contributed by atoms with Gasteiger partial charge in [0.1, 0.15) is 12.4 Å². The van der Waals surface area contributed by atoms with Crippen molar-refractivity contribution in [3.8, 4) is 0 Å². The molecule has 0 saturated heterocycles. The molecule has 1 saturated carbocycles. The van der Waals surface area contributed by atoms with Crippen LogP contribution < -0.4 is 0 Å². The van der Waals surface area contributed by atoms with Crippen molar-refractivity contribution in [2.24, 2.45) is 11.1 Å². The van der Waals surface area contributed by atoms with E-state index < -0.39 is 0 Å². The summed E-state index contributed by atoms with van der Waals surface area (Å²) >= 11 is 0. The molecule has 0 radical (unpaired) electrons. The first kappa shape index (κ1) is 16.7. The van der Waals surface area contributed by atoms with Gasteiger partial charge in [-0.15, -0.1) is 0 Å². The van der Waals surface area contributed by atoms with Crippen LogP contribution in [-0.2, 0) is 11.4 Å². The highest BCUT2D eigenvalue weighted by molar-refractivity contribution is 5.87. The van der Waals surface area contributed by atoms with E-state index in [-0.39, 0.29) is 12.4 Å². The Morgan fingerprint density at radius 3 is 2.54 bits per heavy atom. The van der Waals surface area contributed by atoms with Crippen LogP contribution in [0.1, 0.15) is 55.7 Å². The highest BCUT2D eigenvalue weighted by Gasteiger charge is 2.40. The van der Waals surface area contributed by atoms with Gasteiger partial charge in [-0.25, -0.2) is 4.39 Å². The Bertz CT molecular complexity index is 721. The van der Waals surface area contributed by atoms with E-state index in [4.69, 9.17) is 4.84 Å². The molecule has 3 heteroatoms. The van der Waals surface area contributed by atoms with Gasteiger partial charge in [-0.3, -0.25) is 0 Å². The summed E-state index contributed by atoms with van der Waals surface area (Å²) < 4.78 is 13.5. The van der Waals surface area contributed by atoms with Gasteiger partial charge in [-0.05, 0) is 42.4 Å². The van der Waals surface area contributed by atoms with E-state index in [9.17, 15) is 4.39 Å². The first-order chi connectivity index (χ1) is 11.6. The molecule has 3 rings (SSSR count). The second-order valence-electron chi connectivity index (χ2n) is 6.87. The van der Waals surface area contributed by atoms with Crippen LogP contribution in [0, 0.1) is 11.7 Å². The van der Waals surface area contributed by atoms with Crippen LogP contribution in [0.2, 0.25) is 0 Å². The molecule has 0 aromatic heterocycles. The summed E-state index contributed by atoms with van der Waals surface area (Å²) in [5, 5.41) is 4.19. The fraction of sp³-hybridized carbons (Fsp3) is 0.381. The topological polar surface area (TPSA) is 21.6 Å². The number of nitrogens with zero attached hydrogens (tertiary/aromatic N) is 1. The first-order valence-corrected chi connectivity index (χ1v) is 8.56. The minimum absolute atomic E-state index is 0.171. The maximum atomic E-state index is 13.5. The zero-order chi connectivity index (χ0) is 17.1. The lowest BCUT2D eigenvalue weighted by molar-refractivity contribution is 0.127. The maximum Gasteiger partial charge on any atom is 0.145 e. The third-order valence-corrected chi connectivity index (χ3v) is 4.74. The average molecular weight is 325 g/mol. The third kappa shape index (κ3) is 3.84. The monoisotopic (exact) mass is 325 g/mol. The van der Waals surface area contributed by atoms with E-state index in [0.717, 1.165) is 12.1 Å². The van der Waals surface area contributed by atoms with Gasteiger partial charge in [-0.2, -0.15) is 0 Å². The van der Waals surface area contributed by atoms with E-state index in [1.54, 1.807) is 18.2 Å². The van der Waals surface area contributed by atoms with Crippen molar-refractivity contribution in [2.75, 3.05) is 0 Å². The summed E-state index contributed by atoms with van der Waals surface area (Å²) in [6, 6.07) is 15.5. The van der Waals surface area contributed by atoms with Gasteiger partial charge in [0.25, 0.3) is 0 Å². The summed E-state index contributed by atoms with van der Waals surface area (Å²) in [5.41, 5.74) is 4.26. The maximum absolute atomic E-state index is 13.5. The quantitative estimate of drug-likeness (QED) is 0.497. The zero-order valence-electron chi connectivity index (χ0n) is 14.5. The van der Waals surface area contributed by atoms with Crippen LogP contribution in [0.5, 0.6) is 0 Å². The number of hydrogen-bond acceptors (Lipinski definition) is 2. The fourth-order valence-electron chi connectivity index (χ4n) is 3.04. The van der Waals surface area contributed by atoms with Crippen molar-refractivity contribution in [1.29, 1.82) is 0 Å². The molecule has 1 aliphatic rings. The van der Waals surface area contributed by atoms with Gasteiger partial charge < -0.3 is 4.84 Å². The molecule has 2 aromatic rings. The van der Waals surface area contributed by atoms with Crippen molar-refractivity contribution in [3.63, 3.8) is 0 Å². The lowest BCUT2D eigenvalue weighted by Gasteiger charge is -2.07. The van der Waals surface area contributed by atoms with E-state index in [0.29, 0.717) is 23.3 Å². The number of rotatable bonds is 6. The van der Waals surface area contributed by atoms with Crippen molar-refractivity contribution in [3.05, 3.63) is 71.0 Å². The minimum Gasteiger partial charge on any atom is -0.391 e. The Kier molecular flexibility index (Phi) is 4.98. The molecule has 0 amide bonds. The highest BCUT2D eigenvalue weighted by atomic mass is 19.1. The van der Waals surface area contributed by atoms with Crippen LogP contribution in [-0.4, -0.2) is 5.71 Å². The fourth-order valence-corrected chi connectivity index (χ4v) is 3.04. The molecular weight excluding hydrogens is 301 g/mol. The summed E-state index contributed by atoms with van der Waals surface area (Å²) in [6.45, 7) is 6.58. The van der Waals surface area contributed by atoms with Crippen LogP contribution in [0.4, 0.5) is 4.39 Å². The van der Waals surface area contributed by atoms with Gasteiger partial charge in [0.05, 0.1) is 5.71 Å². The van der Waals surface area contributed by atoms with Crippen molar-refractivity contribution >= 4 is 5.71 Å². The molecule has 2 aromatic carbocycles. The molecule has 0 unspecified atom stereocenters. The van der Waals surface area contributed by atoms with Crippen molar-refractivity contribution in [1.82, 2.24) is 0 Å². The van der Waals surface area contributed by atoms with Gasteiger partial charge >= 0.3 is 0 Å². The predicted octanol–water partition coefficient (Wildman–Crippen LogP) is 5.65. The Balaban J connectivity index is 1.55. The standard InChI is InChI=1S/C21H24FNO/c1-14(2)16-8-10-17(11-9-16)20-12-19(20)15(3)23-24-13-18-6-4-5-7-21(18)22/h4-11,14,19-20H,12-13H2,1-3H3/b23-15-/t19-,20-/m1/s1. The zero-order valence-corrected chi connectivity index (χ0v) is 14.5. The number of hydrogen-bond donors (Lipinski definition) is 0. The molecule has 1 fully saturated rings. The van der Waals surface area contributed by atoms with Gasteiger partial charge in [0, 0.05) is 11.5 Å². The highest BCUT2D eigenvalue weighted by Crippen LogP contribution is 2.48. The number of benzene rings is 2. The lowest BCUT2D eigenvalue weighted by atomic mass is 9.99. The molecule has 1 aliphatic carbocycles. The van der Waals surface area contributed by atoms with Gasteiger partial charge in [-0.1, -0.05) is 61.5 Å². The summed E-state index contributed by atoms with van der Waals surface area (Å²) in [7, 11) is 0. The smallest absolute Gasteiger partial charge is 0.145 e. The molecule has 0 N–H and O–H groups in total. The van der Waals surface area contributed by atoms with Gasteiger partial charge in [0.15, 0.2) is 0 Å². The van der Waals surface area contributed by atoms with Crippen LogP contribution in [0.15, 0.2) is 53.7 Å². The molecule has 0 spiro atoms. The summed E-state index contributed by atoms with van der Waals surface area (Å²) in [4.78, 5) is 5.35. The lowest BCUT2D eigenvalue weighted by Crippen LogP contribution is -2.00. The average Bonchev–Trinajstić information content (AvgIpc) is 3.37. The Labute approximate surface area is 143 Å². The number of halogens is 1. The molecule has 0 heterocycles. The van der Waals surface area contributed by atoms with Crippen molar-refractivity contribution in [2.45, 2.75) is 45.6 Å². The normalized spacial score (nSPS) is 20.3. The minimum atomic E-state index is -0.250. The van der Waals surface area contributed by atoms with E-state index in [2.05, 4.69) is 43.3 Å². The van der Waals surface area contributed by atoms with E-state index in [1.807, 2.05) is 6.92 Å². The van der Waals surface area contributed by atoms with Crippen molar-refractivity contribution < 1.29 is 9.23 Å². The Morgan fingerprint density at radius 2 is 1.88 bits per heavy atom. The van der Waals surface area contributed by atoms with Crippen LogP contribution in [0.25, 0.3) is 0 Å². The SMILES string of the molecule is C/C(=N/OCc1ccccc1F)[C@H]1C[C@@H]1c1ccc(C(C)C)cc1. The van der Waals surface area contributed by atoms with Gasteiger partial charge in [0.2, 0.25) is 0 Å². The number of oxime groups is 1. The van der Waals surface area contributed by atoms with Crippen LogP contribution in [0.3, 0.4) is 0 Å². The molecule has 2 atom stereocenters. The molecule has 0 bridgehead atoms. The predicted molar refractivity (Wildman–Crippen MR) is 95.7 cm³/mol. The molecular formula is C21H24FNO. The Morgan fingerprint density at radius 1 is 1.17 bits per heavy atom. The first-order valence-electron chi connectivity index (χ1n) is 8.56. The molecule has 24 heavy (non-hydrogen) atoms. The van der Waals surface area contributed by atoms with Crippen LogP contribution >= 0.6 is 0 Å². The molecule has 126 valence electrons. The second-order valence-corrected chi connectivity index (χ2v) is 6.87. The third-order valence-electron chi connectivity index (χ3n) is 4.74. The molecule has 0 aliphatic heterocycles. The summed E-state index contributed by atoms with van der Waals surface area (Å²) in [6.07, 6.45) is 1.11. The Hall–Kier alpha value is -2.16. The summed E-state index contributed by atoms with van der Waals surface area (Å²) in [5.74, 6) is 1.28. The molecule has 2 nitrogen and oxygen atoms in total.